The molecule has 3 atom stereocenters. The number of amides is 1. The summed E-state index contributed by atoms with van der Waals surface area (Å²) in [5.41, 5.74) is 0. The fourth-order valence-corrected chi connectivity index (χ4v) is 1.99. The van der Waals surface area contributed by atoms with E-state index in [-0.39, 0.29) is 18.1 Å². The summed E-state index contributed by atoms with van der Waals surface area (Å²) in [5.74, 6) is -0.00633. The minimum Gasteiger partial charge on any atom is -0.368 e. The minimum atomic E-state index is -0.375. The van der Waals surface area contributed by atoms with Gasteiger partial charge in [0.05, 0.1) is 6.61 Å². The second-order valence-corrected chi connectivity index (χ2v) is 4.68. The van der Waals surface area contributed by atoms with Crippen molar-refractivity contribution in [3.8, 4) is 0 Å². The Morgan fingerprint density at radius 3 is 3.12 bits per heavy atom. The summed E-state index contributed by atoms with van der Waals surface area (Å²) in [6.07, 6.45) is 4.18. The molecule has 1 heterocycles. The second-order valence-electron chi connectivity index (χ2n) is 4.68. The Hall–Kier alpha value is -0.870. The first-order chi connectivity index (χ1) is 8.13. The van der Waals surface area contributed by atoms with Crippen LogP contribution in [0.25, 0.3) is 0 Å². The van der Waals surface area contributed by atoms with Gasteiger partial charge < -0.3 is 15.4 Å². The van der Waals surface area contributed by atoms with Gasteiger partial charge in [0.1, 0.15) is 6.10 Å². The molecule has 0 spiro atoms. The summed E-state index contributed by atoms with van der Waals surface area (Å²) in [7, 11) is 0. The molecule has 0 aliphatic carbocycles. The fourth-order valence-electron chi connectivity index (χ4n) is 1.99. The largest absolute Gasteiger partial charge is 0.368 e. The first-order valence-corrected chi connectivity index (χ1v) is 6.39. The highest BCUT2D eigenvalue weighted by molar-refractivity contribution is 5.80. The van der Waals surface area contributed by atoms with E-state index < -0.39 is 0 Å². The Morgan fingerprint density at radius 2 is 2.47 bits per heavy atom. The van der Waals surface area contributed by atoms with E-state index >= 15 is 0 Å². The summed E-state index contributed by atoms with van der Waals surface area (Å²) in [6.45, 7) is 9.08. The van der Waals surface area contributed by atoms with Crippen LogP contribution in [-0.2, 0) is 9.53 Å². The molecule has 98 valence electrons. The average Bonchev–Trinajstić information content (AvgIpc) is 2.29. The Kier molecular flexibility index (Phi) is 6.22. The predicted octanol–water partition coefficient (Wildman–Crippen LogP) is 1.22. The Bertz CT molecular complexity index is 256. The van der Waals surface area contributed by atoms with Crippen LogP contribution in [0, 0.1) is 0 Å². The number of carbonyl (C=O) groups is 1. The number of ether oxygens (including phenoxy) is 1. The van der Waals surface area contributed by atoms with Gasteiger partial charge in [0, 0.05) is 12.1 Å². The zero-order chi connectivity index (χ0) is 12.7. The topological polar surface area (TPSA) is 50.4 Å². The van der Waals surface area contributed by atoms with E-state index in [0.717, 1.165) is 25.8 Å². The maximum atomic E-state index is 11.8. The number of hydrogen-bond acceptors (Lipinski definition) is 3. The first kappa shape index (κ1) is 14.2. The predicted molar refractivity (Wildman–Crippen MR) is 68.9 cm³/mol. The summed E-state index contributed by atoms with van der Waals surface area (Å²) in [5, 5.41) is 6.41. The molecule has 1 aliphatic heterocycles. The summed E-state index contributed by atoms with van der Waals surface area (Å²) < 4.78 is 5.41. The van der Waals surface area contributed by atoms with Crippen molar-refractivity contribution in [3.05, 3.63) is 12.7 Å². The van der Waals surface area contributed by atoms with Gasteiger partial charge in [-0.1, -0.05) is 6.08 Å². The van der Waals surface area contributed by atoms with Crippen LogP contribution >= 0.6 is 0 Å². The van der Waals surface area contributed by atoms with E-state index in [4.69, 9.17) is 4.74 Å². The van der Waals surface area contributed by atoms with Gasteiger partial charge in [0.2, 0.25) is 5.91 Å². The van der Waals surface area contributed by atoms with Crippen LogP contribution in [-0.4, -0.2) is 37.2 Å². The molecule has 4 nitrogen and oxygen atoms in total. The second kappa shape index (κ2) is 7.45. The van der Waals surface area contributed by atoms with E-state index in [1.807, 2.05) is 0 Å². The molecular weight excluding hydrogens is 216 g/mol. The molecule has 3 unspecified atom stereocenters. The summed E-state index contributed by atoms with van der Waals surface area (Å²) >= 11 is 0. The molecule has 1 saturated heterocycles. The molecule has 17 heavy (non-hydrogen) atoms. The van der Waals surface area contributed by atoms with Crippen LogP contribution in [0.2, 0.25) is 0 Å². The maximum Gasteiger partial charge on any atom is 0.249 e. The van der Waals surface area contributed by atoms with E-state index in [1.165, 1.54) is 0 Å². The summed E-state index contributed by atoms with van der Waals surface area (Å²) in [6, 6.07) is 0.759. The lowest BCUT2D eigenvalue weighted by Gasteiger charge is -2.29. The molecule has 1 amide bonds. The van der Waals surface area contributed by atoms with Gasteiger partial charge in [0.15, 0.2) is 0 Å². The van der Waals surface area contributed by atoms with Crippen LogP contribution in [0.5, 0.6) is 0 Å². The third-order valence-corrected chi connectivity index (χ3v) is 3.03. The number of carbonyl (C=O) groups excluding carboxylic acids is 1. The van der Waals surface area contributed by atoms with Gasteiger partial charge in [-0.2, -0.15) is 0 Å². The monoisotopic (exact) mass is 240 g/mol. The molecule has 2 N–H and O–H groups in total. The number of piperidine rings is 1. The third kappa shape index (κ3) is 5.33. The van der Waals surface area contributed by atoms with Gasteiger partial charge in [-0.3, -0.25) is 4.79 Å². The molecule has 4 heteroatoms. The standard InChI is InChI=1S/C13H24N2O2/c1-4-5-8-17-11(3)13(16)15-12-6-7-14-10(2)9-12/h4,10-12,14H,1,5-9H2,2-3H3,(H,15,16). The smallest absolute Gasteiger partial charge is 0.249 e. The maximum absolute atomic E-state index is 11.8. The molecule has 0 saturated carbocycles. The minimum absolute atomic E-state index is 0.00633. The highest BCUT2D eigenvalue weighted by atomic mass is 16.5. The van der Waals surface area contributed by atoms with Gasteiger partial charge in [0.25, 0.3) is 0 Å². The van der Waals surface area contributed by atoms with Crippen LogP contribution in [0.15, 0.2) is 12.7 Å². The number of rotatable bonds is 6. The molecule has 1 fully saturated rings. The van der Waals surface area contributed by atoms with Gasteiger partial charge in [-0.05, 0) is 39.7 Å². The molecule has 0 bridgehead atoms. The lowest BCUT2D eigenvalue weighted by atomic mass is 10.0. The number of hydrogen-bond donors (Lipinski definition) is 2. The molecular formula is C13H24N2O2. The molecule has 0 aromatic carbocycles. The first-order valence-electron chi connectivity index (χ1n) is 6.39. The summed E-state index contributed by atoms with van der Waals surface area (Å²) in [4.78, 5) is 11.8. The quantitative estimate of drug-likeness (QED) is 0.542. The van der Waals surface area contributed by atoms with Gasteiger partial charge in [-0.15, -0.1) is 6.58 Å². The van der Waals surface area contributed by atoms with Crippen molar-refractivity contribution in [2.45, 2.75) is 51.3 Å². The number of nitrogens with one attached hydrogen (secondary N) is 2. The highest BCUT2D eigenvalue weighted by Crippen LogP contribution is 2.08. The Morgan fingerprint density at radius 1 is 1.71 bits per heavy atom. The van der Waals surface area contributed by atoms with Crippen LogP contribution < -0.4 is 10.6 Å². The fraction of sp³-hybridized carbons (Fsp3) is 0.769. The van der Waals surface area contributed by atoms with E-state index in [0.29, 0.717) is 12.6 Å². The normalized spacial score (nSPS) is 26.2. The molecule has 0 aromatic heterocycles. The Balaban J connectivity index is 2.24. The Labute approximate surface area is 104 Å². The van der Waals surface area contributed by atoms with Crippen molar-refractivity contribution in [3.63, 3.8) is 0 Å². The highest BCUT2D eigenvalue weighted by Gasteiger charge is 2.22. The van der Waals surface area contributed by atoms with E-state index in [9.17, 15) is 4.79 Å². The zero-order valence-electron chi connectivity index (χ0n) is 10.9. The molecule has 0 radical (unpaired) electrons. The lowest BCUT2D eigenvalue weighted by Crippen LogP contribution is -2.49. The van der Waals surface area contributed by atoms with E-state index in [1.54, 1.807) is 13.0 Å². The SMILES string of the molecule is C=CCCOC(C)C(=O)NC1CCNC(C)C1. The van der Waals surface area contributed by atoms with Crippen molar-refractivity contribution in [1.29, 1.82) is 0 Å². The van der Waals surface area contributed by atoms with Crippen molar-refractivity contribution in [2.75, 3.05) is 13.2 Å². The molecule has 1 rings (SSSR count). The van der Waals surface area contributed by atoms with Gasteiger partial charge >= 0.3 is 0 Å². The average molecular weight is 240 g/mol. The van der Waals surface area contributed by atoms with Crippen LogP contribution in [0.4, 0.5) is 0 Å². The zero-order valence-corrected chi connectivity index (χ0v) is 10.9. The van der Waals surface area contributed by atoms with Crippen molar-refractivity contribution < 1.29 is 9.53 Å². The van der Waals surface area contributed by atoms with Crippen molar-refractivity contribution >= 4 is 5.91 Å². The van der Waals surface area contributed by atoms with E-state index in [2.05, 4.69) is 24.1 Å². The molecule has 0 aromatic rings. The van der Waals surface area contributed by atoms with Gasteiger partial charge in [-0.25, -0.2) is 0 Å². The lowest BCUT2D eigenvalue weighted by molar-refractivity contribution is -0.132. The third-order valence-electron chi connectivity index (χ3n) is 3.03. The van der Waals surface area contributed by atoms with Crippen molar-refractivity contribution in [1.82, 2.24) is 10.6 Å². The van der Waals surface area contributed by atoms with Crippen molar-refractivity contribution in [2.24, 2.45) is 0 Å². The van der Waals surface area contributed by atoms with Crippen LogP contribution in [0.1, 0.15) is 33.1 Å². The molecule has 1 aliphatic rings. The van der Waals surface area contributed by atoms with Crippen LogP contribution in [0.3, 0.4) is 0 Å².